The van der Waals surface area contributed by atoms with Gasteiger partial charge in [0.25, 0.3) is 5.69 Å². The predicted molar refractivity (Wildman–Crippen MR) is 127 cm³/mol. The molecule has 0 aromatic heterocycles. The molecule has 0 saturated carbocycles. The number of nitro benzene ring substituents is 2. The van der Waals surface area contributed by atoms with Crippen molar-refractivity contribution in [3.63, 3.8) is 0 Å². The molecule has 34 heavy (non-hydrogen) atoms. The van der Waals surface area contributed by atoms with E-state index >= 15 is 0 Å². The van der Waals surface area contributed by atoms with Gasteiger partial charge in [-0.2, -0.15) is 0 Å². The highest BCUT2D eigenvalue weighted by molar-refractivity contribution is 9.10. The minimum Gasteiger partial charge on any atom is -0.469 e. The zero-order chi connectivity index (χ0) is 25.4. The number of benzene rings is 2. The molecule has 0 aliphatic heterocycles. The number of hydrogen-bond acceptors (Lipinski definition) is 10. The number of azo groups is 1. The summed E-state index contributed by atoms with van der Waals surface area (Å²) in [4.78, 5) is 46.0. The van der Waals surface area contributed by atoms with Gasteiger partial charge in [-0.25, -0.2) is 0 Å². The number of rotatable bonds is 10. The second-order valence-corrected chi connectivity index (χ2v) is 7.65. The van der Waals surface area contributed by atoms with Gasteiger partial charge in [0.05, 0.1) is 39.6 Å². The van der Waals surface area contributed by atoms with Crippen molar-refractivity contribution < 1.29 is 24.2 Å². The number of amides is 1. The van der Waals surface area contributed by atoms with Crippen LogP contribution in [-0.2, 0) is 14.3 Å². The molecular formula is C20H21BrN6O7. The van der Waals surface area contributed by atoms with Crippen molar-refractivity contribution in [1.29, 1.82) is 0 Å². The number of anilines is 2. The molecule has 13 nitrogen and oxygen atoms in total. The molecule has 0 spiro atoms. The Kier molecular flexibility index (Phi) is 9.12. The largest absolute Gasteiger partial charge is 0.469 e. The van der Waals surface area contributed by atoms with Crippen molar-refractivity contribution in [1.82, 2.24) is 0 Å². The number of esters is 1. The van der Waals surface area contributed by atoms with Gasteiger partial charge in [0.15, 0.2) is 5.69 Å². The summed E-state index contributed by atoms with van der Waals surface area (Å²) in [6.07, 6.45) is 0.166. The third-order valence-electron chi connectivity index (χ3n) is 4.54. The van der Waals surface area contributed by atoms with Gasteiger partial charge >= 0.3 is 11.7 Å². The van der Waals surface area contributed by atoms with E-state index in [1.165, 1.54) is 14.0 Å². The lowest BCUT2D eigenvalue weighted by Gasteiger charge is -2.23. The number of nitrogens with zero attached hydrogens (tertiary/aromatic N) is 5. The lowest BCUT2D eigenvalue weighted by atomic mass is 10.2. The Hall–Kier alpha value is -3.94. The number of methoxy groups -OCH3 is 1. The molecular weight excluding hydrogens is 516 g/mol. The molecule has 0 aliphatic carbocycles. The predicted octanol–water partition coefficient (Wildman–Crippen LogP) is 5.03. The number of non-ortho nitro benzene ring substituents is 1. The third-order valence-corrected chi connectivity index (χ3v) is 5.15. The Morgan fingerprint density at radius 3 is 2.41 bits per heavy atom. The summed E-state index contributed by atoms with van der Waals surface area (Å²) in [5.41, 5.74) is -0.137. The highest BCUT2D eigenvalue weighted by atomic mass is 79.9. The first-order valence-electron chi connectivity index (χ1n) is 9.84. The summed E-state index contributed by atoms with van der Waals surface area (Å²) in [6, 6.07) is 6.75. The van der Waals surface area contributed by atoms with Crippen LogP contribution in [0.5, 0.6) is 0 Å². The Balaban J connectivity index is 2.47. The molecule has 2 rings (SSSR count). The molecule has 1 N–H and O–H groups in total. The fourth-order valence-corrected chi connectivity index (χ4v) is 3.43. The average molecular weight is 537 g/mol. The topological polar surface area (TPSA) is 170 Å². The molecule has 0 heterocycles. The van der Waals surface area contributed by atoms with Crippen LogP contribution in [0.2, 0.25) is 0 Å². The smallest absolute Gasteiger partial charge is 0.307 e. The van der Waals surface area contributed by atoms with Crippen molar-refractivity contribution in [3.05, 3.63) is 55.0 Å². The summed E-state index contributed by atoms with van der Waals surface area (Å²) >= 11 is 3.06. The average Bonchev–Trinajstić information content (AvgIpc) is 2.78. The van der Waals surface area contributed by atoms with Gasteiger partial charge in [-0.15, -0.1) is 10.2 Å². The Bertz CT molecular complexity index is 1150. The summed E-state index contributed by atoms with van der Waals surface area (Å²) in [5, 5.41) is 33.0. The summed E-state index contributed by atoms with van der Waals surface area (Å²) in [7, 11) is 1.31. The first-order chi connectivity index (χ1) is 16.1. The van der Waals surface area contributed by atoms with E-state index in [4.69, 9.17) is 0 Å². The summed E-state index contributed by atoms with van der Waals surface area (Å²) in [5.74, 6) is -0.741. The van der Waals surface area contributed by atoms with E-state index < -0.39 is 21.2 Å². The van der Waals surface area contributed by atoms with Gasteiger partial charge in [-0.3, -0.25) is 29.8 Å². The molecule has 2 aromatic rings. The van der Waals surface area contributed by atoms with Gasteiger partial charge in [-0.05, 0) is 41.1 Å². The lowest BCUT2D eigenvalue weighted by molar-refractivity contribution is -0.393. The van der Waals surface area contributed by atoms with Crippen LogP contribution < -0.4 is 10.2 Å². The van der Waals surface area contributed by atoms with Crippen molar-refractivity contribution >= 4 is 61.9 Å². The van der Waals surface area contributed by atoms with E-state index in [0.717, 1.165) is 12.1 Å². The molecule has 0 unspecified atom stereocenters. The van der Waals surface area contributed by atoms with E-state index in [-0.39, 0.29) is 39.8 Å². The first kappa shape index (κ1) is 26.3. The quantitative estimate of drug-likeness (QED) is 0.190. The van der Waals surface area contributed by atoms with Crippen LogP contribution >= 0.6 is 15.9 Å². The first-order valence-corrected chi connectivity index (χ1v) is 10.6. The minimum absolute atomic E-state index is 0.00909. The van der Waals surface area contributed by atoms with Gasteiger partial charge in [0, 0.05) is 31.8 Å². The molecule has 0 saturated heterocycles. The van der Waals surface area contributed by atoms with Crippen LogP contribution in [0.4, 0.5) is 34.1 Å². The van der Waals surface area contributed by atoms with Crippen molar-refractivity contribution in [2.75, 3.05) is 30.4 Å². The Labute approximate surface area is 202 Å². The van der Waals surface area contributed by atoms with Crippen LogP contribution in [0, 0.1) is 20.2 Å². The van der Waals surface area contributed by atoms with E-state index in [0.29, 0.717) is 18.8 Å². The second kappa shape index (κ2) is 11.8. The molecule has 180 valence electrons. The van der Waals surface area contributed by atoms with E-state index in [9.17, 15) is 29.8 Å². The van der Waals surface area contributed by atoms with Crippen LogP contribution in [0.25, 0.3) is 0 Å². The Morgan fingerprint density at radius 2 is 1.85 bits per heavy atom. The van der Waals surface area contributed by atoms with Gasteiger partial charge in [0.2, 0.25) is 5.91 Å². The number of carbonyl (C=O) groups is 2. The van der Waals surface area contributed by atoms with Crippen LogP contribution in [0.3, 0.4) is 0 Å². The molecule has 1 amide bonds. The number of nitrogens with one attached hydrogen (secondary N) is 1. The lowest BCUT2D eigenvalue weighted by Crippen LogP contribution is -2.26. The highest BCUT2D eigenvalue weighted by Crippen LogP contribution is 2.40. The normalized spacial score (nSPS) is 10.7. The second-order valence-electron chi connectivity index (χ2n) is 6.80. The van der Waals surface area contributed by atoms with Gasteiger partial charge < -0.3 is 15.0 Å². The maximum absolute atomic E-state index is 11.7. The number of nitro groups is 2. The SMILES string of the molecule is CCN(CCC(=O)OC)c1ccc(N=Nc2c(Br)cc([N+](=O)[O-])cc2[N+](=O)[O-])c(NC(C)=O)c1. The van der Waals surface area contributed by atoms with E-state index in [1.807, 2.05) is 11.8 Å². The van der Waals surface area contributed by atoms with Crippen LogP contribution in [0.15, 0.2) is 45.0 Å². The summed E-state index contributed by atoms with van der Waals surface area (Å²) in [6.45, 7) is 4.15. The third kappa shape index (κ3) is 6.78. The molecule has 0 atom stereocenters. The standard InChI is InChI=1S/C20H21BrN6O7/c1-4-25(8-7-19(29)34-3)13-5-6-16(17(10-13)22-12(2)28)23-24-20-15(21)9-14(26(30)31)11-18(20)27(32)33/h5-6,9-11H,4,7-8H2,1-3H3,(H,22,28). The fourth-order valence-electron chi connectivity index (χ4n) is 2.91. The minimum atomic E-state index is -0.801. The Morgan fingerprint density at radius 1 is 1.15 bits per heavy atom. The van der Waals surface area contributed by atoms with Crippen molar-refractivity contribution in [2.45, 2.75) is 20.3 Å². The molecule has 0 radical (unpaired) electrons. The maximum atomic E-state index is 11.7. The number of ether oxygens (including phenoxy) is 1. The zero-order valence-corrected chi connectivity index (χ0v) is 20.1. The van der Waals surface area contributed by atoms with E-state index in [1.54, 1.807) is 18.2 Å². The van der Waals surface area contributed by atoms with Crippen molar-refractivity contribution in [2.24, 2.45) is 10.2 Å². The number of halogens is 1. The molecule has 0 aliphatic rings. The molecule has 0 bridgehead atoms. The highest BCUT2D eigenvalue weighted by Gasteiger charge is 2.23. The van der Waals surface area contributed by atoms with Gasteiger partial charge in [0.1, 0.15) is 5.69 Å². The van der Waals surface area contributed by atoms with Crippen molar-refractivity contribution in [3.8, 4) is 0 Å². The number of hydrogen-bond donors (Lipinski definition) is 1. The molecule has 0 fully saturated rings. The molecule has 14 heteroatoms. The molecule has 2 aromatic carbocycles. The monoisotopic (exact) mass is 536 g/mol. The maximum Gasteiger partial charge on any atom is 0.307 e. The number of carbonyl (C=O) groups excluding carboxylic acids is 2. The van der Waals surface area contributed by atoms with Gasteiger partial charge in [-0.1, -0.05) is 0 Å². The fraction of sp³-hybridized carbons (Fsp3) is 0.300. The zero-order valence-electron chi connectivity index (χ0n) is 18.5. The van der Waals surface area contributed by atoms with Crippen LogP contribution in [-0.4, -0.2) is 41.9 Å². The van der Waals surface area contributed by atoms with E-state index in [2.05, 4.69) is 36.2 Å². The van der Waals surface area contributed by atoms with Crippen LogP contribution in [0.1, 0.15) is 20.3 Å². The summed E-state index contributed by atoms with van der Waals surface area (Å²) < 4.78 is 4.68.